The topological polar surface area (TPSA) is 120 Å². The number of carbonyl (C=O) groups excluding carboxylic acids is 1. The molecule has 11 nitrogen and oxygen atoms in total. The third-order valence-electron chi connectivity index (χ3n) is 22.9. The van der Waals surface area contributed by atoms with Crippen LogP contribution in [0.3, 0.4) is 0 Å². The Morgan fingerprint density at radius 1 is 0.548 bits per heavy atom. The number of carbonyl (C=O) groups is 1. The number of Topliss-reactive ketones (excluding diaryl/α,β-unsaturated/α-hetero) is 1. The van der Waals surface area contributed by atoms with Crippen molar-refractivity contribution in [3.05, 3.63) is 158 Å². The first-order chi connectivity index (χ1) is 44.1. The maximum absolute atomic E-state index is 15.4. The zero-order valence-corrected chi connectivity index (χ0v) is 61.6. The van der Waals surface area contributed by atoms with Gasteiger partial charge in [-0.25, -0.2) is 0 Å². The van der Waals surface area contributed by atoms with Crippen molar-refractivity contribution in [2.24, 2.45) is 23.7 Å². The summed E-state index contributed by atoms with van der Waals surface area (Å²) < 4.78 is 67.8. The molecule has 8 bridgehead atoms. The molecule has 7 heterocycles. The molecule has 6 fully saturated rings. The first-order valence-electron chi connectivity index (χ1n) is 35.5. The number of hydrogen-bond donors (Lipinski definition) is 1. The van der Waals surface area contributed by atoms with Gasteiger partial charge >= 0.3 is 0 Å². The van der Waals surface area contributed by atoms with Crippen molar-refractivity contribution < 1.29 is 51.6 Å². The van der Waals surface area contributed by atoms with E-state index in [0.29, 0.717) is 38.7 Å². The highest BCUT2D eigenvalue weighted by Gasteiger charge is 2.65. The molecule has 4 aromatic carbocycles. The summed E-state index contributed by atoms with van der Waals surface area (Å²) >= 11 is 0. The van der Waals surface area contributed by atoms with Gasteiger partial charge in [0.1, 0.15) is 36.3 Å². The maximum atomic E-state index is 15.4. The molecule has 6 saturated heterocycles. The molecule has 7 aliphatic heterocycles. The minimum absolute atomic E-state index is 0.00488. The van der Waals surface area contributed by atoms with E-state index in [1.807, 2.05) is 12.2 Å². The number of rotatable bonds is 13. The predicted octanol–water partition coefficient (Wildman–Crippen LogP) is 13.9. The number of aliphatic hydroxyl groups excluding tert-OH is 1. The lowest BCUT2D eigenvalue weighted by Gasteiger charge is -2.53. The number of fused-ring (bicyclic) bond motifs is 7. The molecule has 7 aliphatic rings. The standard InChI is InChI=1S/C79H112O11Si3/c1-51(50-82-91(15,16)77(6,7)8)43-68-55(5)65-47-57(81)46-60-40-42-67-72(85-60)76(90-93(79(12,13)14,63-33-25-19-26-34-63)64-35-27-20-28-36-64)75-74(87-67)73(89-92(78(9,10)11,61-29-21-17-22-30-61)62-31-23-18-24-32-62)71(88-75)48-56(80)37-38-58-45-53(3)66(83-58)41-39-59-44-52(2)54(4)69(84-59)49-70(65)86-68/h17-38,51-52,55-56,58-60,65-76,80H,3-4,39-50H2,1-2,5-16H3/b38-37+/t51-,52+,55+,56?,58-,59-,60+,65+,66?,67-,68+,69?,70-,71+,72-,73-,74-,75?,76-/m0/s1. The Morgan fingerprint density at radius 3 is 1.62 bits per heavy atom. The second-order valence-corrected chi connectivity index (χ2v) is 46.0. The normalized spacial score (nSPS) is 34.2. The fourth-order valence-corrected chi connectivity index (χ4v) is 27.2. The summed E-state index contributed by atoms with van der Waals surface area (Å²) in [5.41, 5.74) is 2.16. The number of hydrogen-bond acceptors (Lipinski definition) is 11. The van der Waals surface area contributed by atoms with E-state index < -0.39 is 84.9 Å². The minimum Gasteiger partial charge on any atom is -0.417 e. The van der Waals surface area contributed by atoms with Crippen molar-refractivity contribution in [3.63, 3.8) is 0 Å². The van der Waals surface area contributed by atoms with E-state index >= 15 is 4.79 Å². The lowest BCUT2D eigenvalue weighted by molar-refractivity contribution is -0.254. The Balaban J connectivity index is 0.999. The predicted molar refractivity (Wildman–Crippen MR) is 380 cm³/mol. The molecule has 0 aromatic heterocycles. The van der Waals surface area contributed by atoms with Crippen molar-refractivity contribution >= 4 is 51.5 Å². The van der Waals surface area contributed by atoms with Crippen LogP contribution in [0.2, 0.25) is 28.2 Å². The molecule has 11 rings (SSSR count). The van der Waals surface area contributed by atoms with Crippen LogP contribution in [0.25, 0.3) is 0 Å². The number of ketones is 1. The molecule has 93 heavy (non-hydrogen) atoms. The first kappa shape index (κ1) is 70.3. The Hall–Kier alpha value is -3.98. The highest BCUT2D eigenvalue weighted by Crippen LogP contribution is 2.50. The van der Waals surface area contributed by atoms with E-state index in [4.69, 9.17) is 41.7 Å². The van der Waals surface area contributed by atoms with Crippen LogP contribution in [0.5, 0.6) is 0 Å². The van der Waals surface area contributed by atoms with E-state index in [1.54, 1.807) is 0 Å². The molecule has 0 spiro atoms. The fourth-order valence-electron chi connectivity index (χ4n) is 16.7. The smallest absolute Gasteiger partial charge is 0.261 e. The van der Waals surface area contributed by atoms with Crippen LogP contribution in [0, 0.1) is 23.7 Å². The van der Waals surface area contributed by atoms with Crippen LogP contribution in [0.4, 0.5) is 0 Å². The summed E-state index contributed by atoms with van der Waals surface area (Å²) in [6.45, 7) is 42.2. The summed E-state index contributed by atoms with van der Waals surface area (Å²) in [6.07, 6.45) is 4.13. The van der Waals surface area contributed by atoms with Gasteiger partial charge < -0.3 is 46.8 Å². The van der Waals surface area contributed by atoms with Crippen LogP contribution in [-0.2, 0) is 46.5 Å². The van der Waals surface area contributed by atoms with Gasteiger partial charge in [-0.15, -0.1) is 0 Å². The van der Waals surface area contributed by atoms with E-state index in [1.165, 1.54) is 0 Å². The molecule has 0 radical (unpaired) electrons. The van der Waals surface area contributed by atoms with Gasteiger partial charge in [0, 0.05) is 38.7 Å². The molecule has 0 saturated carbocycles. The van der Waals surface area contributed by atoms with E-state index in [0.717, 1.165) is 57.6 Å². The van der Waals surface area contributed by atoms with Crippen LogP contribution >= 0.6 is 0 Å². The molecule has 0 amide bonds. The van der Waals surface area contributed by atoms with Crippen LogP contribution < -0.4 is 20.7 Å². The van der Waals surface area contributed by atoms with Gasteiger partial charge in [0.25, 0.3) is 16.6 Å². The van der Waals surface area contributed by atoms with Gasteiger partial charge in [0.05, 0.1) is 61.0 Å². The van der Waals surface area contributed by atoms with Crippen molar-refractivity contribution in [1.82, 2.24) is 0 Å². The minimum atomic E-state index is -3.37. The van der Waals surface area contributed by atoms with E-state index in [2.05, 4.69) is 231 Å². The van der Waals surface area contributed by atoms with Crippen LogP contribution in [0.1, 0.15) is 154 Å². The largest absolute Gasteiger partial charge is 0.417 e. The average Bonchev–Trinajstić information content (AvgIpc) is 1.71. The molecule has 4 unspecified atom stereocenters. The van der Waals surface area contributed by atoms with Crippen LogP contribution in [0.15, 0.2) is 158 Å². The molecule has 14 heteroatoms. The second-order valence-electron chi connectivity index (χ2n) is 32.6. The van der Waals surface area contributed by atoms with Gasteiger partial charge in [0.15, 0.2) is 8.32 Å². The Kier molecular flexibility index (Phi) is 21.5. The van der Waals surface area contributed by atoms with E-state index in [9.17, 15) is 5.11 Å². The first-order valence-corrected chi connectivity index (χ1v) is 42.2. The summed E-state index contributed by atoms with van der Waals surface area (Å²) in [6, 6.07) is 43.1. The quantitative estimate of drug-likeness (QED) is 0.102. The van der Waals surface area contributed by atoms with Gasteiger partial charge in [0.2, 0.25) is 0 Å². The van der Waals surface area contributed by atoms with Crippen molar-refractivity contribution in [1.29, 1.82) is 0 Å². The van der Waals surface area contributed by atoms with Gasteiger partial charge in [-0.1, -0.05) is 230 Å². The molecular formula is C79H112O11Si3. The van der Waals surface area contributed by atoms with E-state index in [-0.39, 0.29) is 89.0 Å². The monoisotopic (exact) mass is 1320 g/mol. The zero-order valence-electron chi connectivity index (χ0n) is 58.6. The van der Waals surface area contributed by atoms with Crippen molar-refractivity contribution in [2.75, 3.05) is 6.61 Å². The maximum Gasteiger partial charge on any atom is 0.261 e. The average molecular weight is 1320 g/mol. The summed E-state index contributed by atoms with van der Waals surface area (Å²) in [5, 5.41) is 16.5. The van der Waals surface area contributed by atoms with Gasteiger partial charge in [-0.3, -0.25) is 4.79 Å². The third-order valence-corrected chi connectivity index (χ3v) is 37.5. The Labute approximate surface area is 561 Å². The summed E-state index contributed by atoms with van der Waals surface area (Å²) in [4.78, 5) is 15.4. The zero-order chi connectivity index (χ0) is 66.4. The lowest BCUT2D eigenvalue weighted by Crippen LogP contribution is -2.73. The van der Waals surface area contributed by atoms with Crippen molar-refractivity contribution in [3.8, 4) is 0 Å². The molecular weight excluding hydrogens is 1210 g/mol. The van der Waals surface area contributed by atoms with Crippen LogP contribution in [-0.4, -0.2) is 134 Å². The Morgan fingerprint density at radius 2 is 1.08 bits per heavy atom. The van der Waals surface area contributed by atoms with Crippen molar-refractivity contribution in [2.45, 2.75) is 273 Å². The molecule has 506 valence electrons. The third kappa shape index (κ3) is 14.8. The molecule has 19 atom stereocenters. The highest BCUT2D eigenvalue weighted by atomic mass is 28.4. The SMILES string of the molecule is C=C1C[C@@H]2/C=C/C(O)C[C@H]3OC4[C@@H](O[C@H]5CC[C@H](CC(=O)C[C@@H]6[C@@H](C)[C@@H](C[C@H](C)CO[Si](C)(C)C(C)(C)C)O[C@H]6CC6O[C@@H](CCC1O2)C[C@@H](C)C6=C)O[C@@H]5[C@@H]4O[Si](c1ccccc1)(c1ccccc1)C(C)(C)C)[C@H]3O[Si](c1ccccc1)(c1ccccc1)C(C)(C)C. The molecule has 0 aliphatic carbocycles. The van der Waals surface area contributed by atoms with Gasteiger partial charge in [-0.05, 0) is 122 Å². The number of benzene rings is 4. The summed E-state index contributed by atoms with van der Waals surface area (Å²) in [7, 11) is -8.66. The second kappa shape index (κ2) is 28.5. The lowest BCUT2D eigenvalue weighted by atomic mass is 9.78. The highest BCUT2D eigenvalue weighted by molar-refractivity contribution is 7.00. The fraction of sp³-hybridized carbons (Fsp3) is 0.608. The number of aliphatic hydroxyl groups is 1. The van der Waals surface area contributed by atoms with Gasteiger partial charge in [-0.2, -0.15) is 0 Å². The Bertz CT molecular complexity index is 3100. The summed E-state index contributed by atoms with van der Waals surface area (Å²) in [5.74, 6) is 0.777. The number of ether oxygens (including phenoxy) is 6. The molecule has 4 aromatic rings. The molecule has 1 N–H and O–H groups in total.